The van der Waals surface area contributed by atoms with Gasteiger partial charge >= 0.3 is 0 Å². The molecule has 0 unspecified atom stereocenters. The lowest BCUT2D eigenvalue weighted by molar-refractivity contribution is 1.40. The Bertz CT molecular complexity index is 483. The maximum absolute atomic E-state index is 5.97. The highest BCUT2D eigenvalue weighted by Gasteiger charge is 2.05. The van der Waals surface area contributed by atoms with Gasteiger partial charge in [0.15, 0.2) is 0 Å². The molecule has 0 bridgehead atoms. The molecule has 0 amide bonds. The number of hydrogen-bond acceptors (Lipinski definition) is 0. The molecular weight excluding hydrogens is 331 g/mol. The van der Waals surface area contributed by atoms with E-state index < -0.39 is 0 Å². The number of aryl methyl sites for hydroxylation is 2. The van der Waals surface area contributed by atoms with Crippen molar-refractivity contribution in [1.82, 2.24) is 0 Å². The van der Waals surface area contributed by atoms with Crippen molar-refractivity contribution in [2.24, 2.45) is 0 Å². The molecule has 0 aliphatic heterocycles. The third kappa shape index (κ3) is 2.41. The fraction of sp³-hybridized carbons (Fsp3) is 0.143. The molecule has 0 atom stereocenters. The molecule has 2 aromatic carbocycles. The van der Waals surface area contributed by atoms with Gasteiger partial charge < -0.3 is 0 Å². The van der Waals surface area contributed by atoms with Gasteiger partial charge in [-0.15, -0.1) is 0 Å². The molecule has 0 nitrogen and oxygen atoms in total. The number of hydrogen-bond donors (Lipinski definition) is 0. The van der Waals surface area contributed by atoms with Crippen LogP contribution in [0.1, 0.15) is 11.1 Å². The molecule has 16 heavy (non-hydrogen) atoms. The summed E-state index contributed by atoms with van der Waals surface area (Å²) in [5, 5.41) is 0.796. The molecule has 0 fully saturated rings. The molecule has 0 N–H and O–H groups in total. The number of rotatable bonds is 1. The highest BCUT2D eigenvalue weighted by Crippen LogP contribution is 2.29. The fourth-order valence-corrected chi connectivity index (χ4v) is 2.73. The van der Waals surface area contributed by atoms with Gasteiger partial charge in [0.05, 0.1) is 0 Å². The van der Waals surface area contributed by atoms with Crippen LogP contribution in [0.25, 0.3) is 11.1 Å². The summed E-state index contributed by atoms with van der Waals surface area (Å²) in [5.74, 6) is 0. The molecule has 2 heteroatoms. The van der Waals surface area contributed by atoms with E-state index in [1.54, 1.807) is 0 Å². The first-order valence-electron chi connectivity index (χ1n) is 5.10. The Labute approximate surface area is 115 Å². The van der Waals surface area contributed by atoms with E-state index in [4.69, 9.17) is 11.6 Å². The van der Waals surface area contributed by atoms with Crippen molar-refractivity contribution < 1.29 is 0 Å². The van der Waals surface area contributed by atoms with Gasteiger partial charge in [0.2, 0.25) is 0 Å². The minimum atomic E-state index is 0.796. The standard InChI is InChI=1S/C14H12ClI/c1-9-7-11(15)3-5-13(9)14-6-4-12(16)8-10(14)2/h3-8H,1-2H3. The molecule has 0 aromatic heterocycles. The second-order valence-electron chi connectivity index (χ2n) is 3.92. The predicted molar refractivity (Wildman–Crippen MR) is 79.1 cm³/mol. The maximum atomic E-state index is 5.97. The van der Waals surface area contributed by atoms with Gasteiger partial charge in [-0.1, -0.05) is 23.7 Å². The van der Waals surface area contributed by atoms with Gasteiger partial charge in [-0.3, -0.25) is 0 Å². The van der Waals surface area contributed by atoms with E-state index in [-0.39, 0.29) is 0 Å². The van der Waals surface area contributed by atoms with E-state index >= 15 is 0 Å². The van der Waals surface area contributed by atoms with Crippen LogP contribution in [0.4, 0.5) is 0 Å². The molecule has 0 saturated heterocycles. The van der Waals surface area contributed by atoms with E-state index in [1.807, 2.05) is 12.1 Å². The van der Waals surface area contributed by atoms with Crippen LogP contribution in [0.2, 0.25) is 5.02 Å². The Balaban J connectivity index is 2.59. The van der Waals surface area contributed by atoms with Crippen LogP contribution in [-0.4, -0.2) is 0 Å². The Morgan fingerprint density at radius 1 is 0.875 bits per heavy atom. The molecule has 0 saturated carbocycles. The third-order valence-electron chi connectivity index (χ3n) is 2.67. The molecule has 2 rings (SSSR count). The minimum absolute atomic E-state index is 0.796. The largest absolute Gasteiger partial charge is 0.0843 e. The Morgan fingerprint density at radius 2 is 1.44 bits per heavy atom. The zero-order chi connectivity index (χ0) is 11.7. The molecule has 0 aliphatic carbocycles. The van der Waals surface area contributed by atoms with Crippen LogP contribution >= 0.6 is 34.2 Å². The zero-order valence-electron chi connectivity index (χ0n) is 9.22. The quantitative estimate of drug-likeness (QED) is 0.623. The average molecular weight is 343 g/mol. The van der Waals surface area contributed by atoms with Crippen LogP contribution in [0.15, 0.2) is 36.4 Å². The van der Waals surface area contributed by atoms with Crippen molar-refractivity contribution in [3.05, 3.63) is 56.1 Å². The highest BCUT2D eigenvalue weighted by atomic mass is 127. The lowest BCUT2D eigenvalue weighted by atomic mass is 9.97. The van der Waals surface area contributed by atoms with Crippen LogP contribution in [-0.2, 0) is 0 Å². The first-order chi connectivity index (χ1) is 7.58. The summed E-state index contributed by atoms with van der Waals surface area (Å²) in [6, 6.07) is 12.6. The molecule has 2 aromatic rings. The molecule has 0 spiro atoms. The lowest BCUT2D eigenvalue weighted by Crippen LogP contribution is -1.87. The Morgan fingerprint density at radius 3 is 2.00 bits per heavy atom. The summed E-state index contributed by atoms with van der Waals surface area (Å²) in [5.41, 5.74) is 5.07. The van der Waals surface area contributed by atoms with Crippen molar-refractivity contribution in [2.45, 2.75) is 13.8 Å². The first kappa shape index (κ1) is 11.9. The van der Waals surface area contributed by atoms with Crippen LogP contribution in [0, 0.1) is 17.4 Å². The van der Waals surface area contributed by atoms with Crippen molar-refractivity contribution in [2.75, 3.05) is 0 Å². The molecule has 82 valence electrons. The smallest absolute Gasteiger partial charge is 0.0409 e. The second kappa shape index (κ2) is 4.76. The van der Waals surface area contributed by atoms with Crippen LogP contribution in [0.3, 0.4) is 0 Å². The summed E-state index contributed by atoms with van der Waals surface area (Å²) in [6.45, 7) is 4.24. The maximum Gasteiger partial charge on any atom is 0.0409 e. The van der Waals surface area contributed by atoms with Crippen molar-refractivity contribution in [3.63, 3.8) is 0 Å². The number of benzene rings is 2. The van der Waals surface area contributed by atoms with Gasteiger partial charge in [-0.2, -0.15) is 0 Å². The molecular formula is C14H12ClI. The first-order valence-corrected chi connectivity index (χ1v) is 6.56. The lowest BCUT2D eigenvalue weighted by Gasteiger charge is -2.10. The van der Waals surface area contributed by atoms with Gasteiger partial charge in [0.1, 0.15) is 0 Å². The van der Waals surface area contributed by atoms with E-state index in [0.29, 0.717) is 0 Å². The van der Waals surface area contributed by atoms with E-state index in [9.17, 15) is 0 Å². The summed E-state index contributed by atoms with van der Waals surface area (Å²) >= 11 is 8.30. The topological polar surface area (TPSA) is 0 Å². The highest BCUT2D eigenvalue weighted by molar-refractivity contribution is 14.1. The monoisotopic (exact) mass is 342 g/mol. The average Bonchev–Trinajstić information content (AvgIpc) is 2.19. The molecule has 0 aliphatic rings. The van der Waals surface area contributed by atoms with Crippen molar-refractivity contribution in [3.8, 4) is 11.1 Å². The van der Waals surface area contributed by atoms with Gasteiger partial charge in [-0.25, -0.2) is 0 Å². The Hall–Kier alpha value is -0.540. The Kier molecular flexibility index (Phi) is 3.55. The fourth-order valence-electron chi connectivity index (χ4n) is 1.86. The van der Waals surface area contributed by atoms with E-state index in [2.05, 4.69) is 60.7 Å². The van der Waals surface area contributed by atoms with Gasteiger partial charge in [0, 0.05) is 8.59 Å². The molecule has 0 radical (unpaired) electrons. The summed E-state index contributed by atoms with van der Waals surface area (Å²) in [7, 11) is 0. The predicted octanol–water partition coefficient (Wildman–Crippen LogP) is 5.23. The third-order valence-corrected chi connectivity index (χ3v) is 3.57. The van der Waals surface area contributed by atoms with E-state index in [0.717, 1.165) is 5.02 Å². The second-order valence-corrected chi connectivity index (χ2v) is 5.60. The van der Waals surface area contributed by atoms with Crippen LogP contribution < -0.4 is 0 Å². The van der Waals surface area contributed by atoms with Gasteiger partial charge in [0.25, 0.3) is 0 Å². The minimum Gasteiger partial charge on any atom is -0.0843 e. The van der Waals surface area contributed by atoms with Crippen molar-refractivity contribution >= 4 is 34.2 Å². The zero-order valence-corrected chi connectivity index (χ0v) is 12.1. The van der Waals surface area contributed by atoms with Crippen LogP contribution in [0.5, 0.6) is 0 Å². The van der Waals surface area contributed by atoms with E-state index in [1.165, 1.54) is 25.8 Å². The van der Waals surface area contributed by atoms with Gasteiger partial charge in [-0.05, 0) is 83.0 Å². The molecule has 0 heterocycles. The normalized spacial score (nSPS) is 10.5. The summed E-state index contributed by atoms with van der Waals surface area (Å²) in [4.78, 5) is 0. The summed E-state index contributed by atoms with van der Waals surface area (Å²) < 4.78 is 1.27. The van der Waals surface area contributed by atoms with Crippen molar-refractivity contribution in [1.29, 1.82) is 0 Å². The number of halogens is 2. The summed E-state index contributed by atoms with van der Waals surface area (Å²) in [6.07, 6.45) is 0. The SMILES string of the molecule is Cc1cc(Cl)ccc1-c1ccc(I)cc1C.